The maximum Gasteiger partial charge on any atom is 0.227 e. The first-order valence-corrected chi connectivity index (χ1v) is 18.5. The number of benzene rings is 1. The van der Waals surface area contributed by atoms with Crippen LogP contribution in [0.2, 0.25) is 5.02 Å². The van der Waals surface area contributed by atoms with Crippen LogP contribution in [0.3, 0.4) is 0 Å². The van der Waals surface area contributed by atoms with Crippen LogP contribution < -0.4 is 15.0 Å². The van der Waals surface area contributed by atoms with Crippen LogP contribution in [0.15, 0.2) is 42.2 Å². The van der Waals surface area contributed by atoms with Gasteiger partial charge in [-0.05, 0) is 44.9 Å². The summed E-state index contributed by atoms with van der Waals surface area (Å²) in [5.74, 6) is 1.90. The number of aliphatic hydroxyl groups is 1. The summed E-state index contributed by atoms with van der Waals surface area (Å²) in [6, 6.07) is 6.14. The van der Waals surface area contributed by atoms with Gasteiger partial charge in [0.25, 0.3) is 0 Å². The summed E-state index contributed by atoms with van der Waals surface area (Å²) >= 11 is 9.76. The fraction of sp³-hybridized carbons (Fsp3) is 0.529. The second-order valence-electron chi connectivity index (χ2n) is 12.5. The molecule has 4 heterocycles. The van der Waals surface area contributed by atoms with Crippen molar-refractivity contribution >= 4 is 51.6 Å². The van der Waals surface area contributed by atoms with Crippen LogP contribution in [0.1, 0.15) is 80.1 Å². The van der Waals surface area contributed by atoms with Crippen molar-refractivity contribution in [2.45, 2.75) is 75.7 Å². The third-order valence-corrected chi connectivity index (χ3v) is 11.7. The molecule has 7 rings (SSSR count). The number of halogens is 1. The Hall–Kier alpha value is -2.83. The molecule has 1 saturated heterocycles. The van der Waals surface area contributed by atoms with Crippen LogP contribution in [-0.2, 0) is 5.60 Å². The van der Waals surface area contributed by atoms with Crippen LogP contribution in [0, 0.1) is 0 Å². The summed E-state index contributed by atoms with van der Waals surface area (Å²) in [6.45, 7) is 4.07. The van der Waals surface area contributed by atoms with E-state index in [9.17, 15) is 5.11 Å². The Kier molecular flexibility index (Phi) is 11.1. The van der Waals surface area contributed by atoms with Crippen molar-refractivity contribution in [1.29, 1.82) is 0 Å². The van der Waals surface area contributed by atoms with Crippen molar-refractivity contribution in [1.82, 2.24) is 24.8 Å². The lowest BCUT2D eigenvalue weighted by molar-refractivity contribution is -0.000808. The minimum atomic E-state index is -0.591. The Morgan fingerprint density at radius 3 is 2.46 bits per heavy atom. The highest BCUT2D eigenvalue weighted by atomic mass is 35.5. The van der Waals surface area contributed by atoms with Crippen molar-refractivity contribution < 1.29 is 9.84 Å². The van der Waals surface area contributed by atoms with Crippen LogP contribution in [0.5, 0.6) is 5.75 Å². The van der Waals surface area contributed by atoms with Crippen molar-refractivity contribution in [3.05, 3.63) is 57.2 Å². The van der Waals surface area contributed by atoms with E-state index in [1.54, 1.807) is 42.2 Å². The molecule has 3 fully saturated rings. The minimum absolute atomic E-state index is 0.501. The highest BCUT2D eigenvalue weighted by molar-refractivity contribution is 7.15. The maximum absolute atomic E-state index is 10.2. The lowest BCUT2D eigenvalue weighted by atomic mass is 9.85. The van der Waals surface area contributed by atoms with Gasteiger partial charge in [-0.25, -0.2) is 19.9 Å². The molecule has 46 heavy (non-hydrogen) atoms. The van der Waals surface area contributed by atoms with E-state index in [4.69, 9.17) is 26.3 Å². The number of nitrogens with one attached hydrogen (secondary N) is 1. The number of ether oxygens (including phenoxy) is 1. The normalized spacial score (nSPS) is 18.9. The molecular formula is C34H44ClN7O2S2. The lowest BCUT2D eigenvalue weighted by Gasteiger charge is -2.34. The zero-order chi connectivity index (χ0) is 31.9. The summed E-state index contributed by atoms with van der Waals surface area (Å²) in [4.78, 5) is 23.7. The van der Waals surface area contributed by atoms with Crippen LogP contribution >= 0.6 is 34.3 Å². The molecule has 0 radical (unpaired) electrons. The Morgan fingerprint density at radius 1 is 0.978 bits per heavy atom. The molecule has 1 aliphatic heterocycles. The molecule has 9 nitrogen and oxygen atoms in total. The third kappa shape index (κ3) is 7.99. The number of thiazole rings is 2. The minimum Gasteiger partial charge on any atom is -0.495 e. The average molecular weight is 682 g/mol. The molecule has 4 aromatic rings. The van der Waals surface area contributed by atoms with E-state index in [2.05, 4.69) is 38.2 Å². The number of rotatable bonds is 7. The number of likely N-dealkylation sites (N-methyl/N-ethyl adjacent to an activating group) is 1. The van der Waals surface area contributed by atoms with E-state index in [0.29, 0.717) is 16.9 Å². The fourth-order valence-electron chi connectivity index (χ4n) is 6.53. The van der Waals surface area contributed by atoms with E-state index in [1.807, 2.05) is 23.7 Å². The topological polar surface area (TPSA) is 99.5 Å². The standard InChI is InChI=1S/C25H31ClN6OS.C9H13NOS/c1-31-10-12-32(13-11-31)20-9-8-18(14-21(20)33-2)29-25-28-15-19(26)23(30-25)22-16-27-24(34-22)17-6-4-3-5-7-17;11-9(4-2-1-3-5-9)8-10-6-7-12-8/h8-9,14-17H,3-7,10-13H2,1-2H3,(H,28,29,30);6-7,11H,1-5H2. The molecule has 12 heteroatoms. The quantitative estimate of drug-likeness (QED) is 0.200. The van der Waals surface area contributed by atoms with Gasteiger partial charge in [-0.1, -0.05) is 50.1 Å². The lowest BCUT2D eigenvalue weighted by Crippen LogP contribution is -2.44. The van der Waals surface area contributed by atoms with Gasteiger partial charge in [-0.3, -0.25) is 0 Å². The van der Waals surface area contributed by atoms with Crippen LogP contribution in [-0.4, -0.2) is 70.3 Å². The molecule has 0 amide bonds. The Balaban J connectivity index is 0.000000259. The Labute approximate surface area is 285 Å². The molecule has 2 N–H and O–H groups in total. The van der Waals surface area contributed by atoms with E-state index in [1.165, 1.54) is 43.5 Å². The zero-order valence-corrected chi connectivity index (χ0v) is 29.1. The summed E-state index contributed by atoms with van der Waals surface area (Å²) in [7, 11) is 3.87. The highest BCUT2D eigenvalue weighted by Gasteiger charge is 2.33. The van der Waals surface area contributed by atoms with E-state index in [0.717, 1.165) is 84.6 Å². The predicted octanol–water partition coefficient (Wildman–Crippen LogP) is 8.10. The Bertz CT molecular complexity index is 1550. The number of hydrogen-bond acceptors (Lipinski definition) is 11. The fourth-order valence-corrected chi connectivity index (χ4v) is 8.67. The molecule has 246 valence electrons. The van der Waals surface area contributed by atoms with Gasteiger partial charge in [0.1, 0.15) is 22.1 Å². The number of nitrogens with zero attached hydrogens (tertiary/aromatic N) is 6. The molecule has 3 aliphatic rings. The van der Waals surface area contributed by atoms with Gasteiger partial charge >= 0.3 is 0 Å². The van der Waals surface area contributed by atoms with Gasteiger partial charge < -0.3 is 25.0 Å². The van der Waals surface area contributed by atoms with Crippen molar-refractivity contribution in [2.24, 2.45) is 0 Å². The molecule has 3 aromatic heterocycles. The maximum atomic E-state index is 10.2. The van der Waals surface area contributed by atoms with Gasteiger partial charge in [0.2, 0.25) is 5.95 Å². The van der Waals surface area contributed by atoms with E-state index >= 15 is 0 Å². The second-order valence-corrected chi connectivity index (χ2v) is 14.9. The number of aromatic nitrogens is 4. The van der Waals surface area contributed by atoms with Gasteiger partial charge in [0, 0.05) is 61.6 Å². The first kappa shape index (κ1) is 33.1. The predicted molar refractivity (Wildman–Crippen MR) is 189 cm³/mol. The zero-order valence-electron chi connectivity index (χ0n) is 26.8. The molecule has 2 saturated carbocycles. The highest BCUT2D eigenvalue weighted by Crippen LogP contribution is 2.40. The number of methoxy groups -OCH3 is 1. The van der Waals surface area contributed by atoms with Gasteiger partial charge in [0.15, 0.2) is 0 Å². The van der Waals surface area contributed by atoms with Crippen molar-refractivity contribution in [3.63, 3.8) is 0 Å². The van der Waals surface area contributed by atoms with Gasteiger partial charge in [-0.2, -0.15) is 0 Å². The molecule has 0 spiro atoms. The summed E-state index contributed by atoms with van der Waals surface area (Å²) in [5.41, 5.74) is 2.11. The molecule has 0 unspecified atom stereocenters. The number of anilines is 3. The van der Waals surface area contributed by atoms with E-state index < -0.39 is 5.60 Å². The second kappa shape index (κ2) is 15.4. The average Bonchev–Trinajstić information content (AvgIpc) is 3.82. The van der Waals surface area contributed by atoms with E-state index in [-0.39, 0.29) is 0 Å². The Morgan fingerprint density at radius 2 is 1.74 bits per heavy atom. The molecule has 1 aromatic carbocycles. The first-order valence-electron chi connectivity index (χ1n) is 16.4. The number of hydrogen-bond donors (Lipinski definition) is 2. The van der Waals surface area contributed by atoms with Crippen molar-refractivity contribution in [3.8, 4) is 16.3 Å². The van der Waals surface area contributed by atoms with Crippen molar-refractivity contribution in [2.75, 3.05) is 50.6 Å². The molecule has 2 aliphatic carbocycles. The van der Waals surface area contributed by atoms with Gasteiger partial charge in [-0.15, -0.1) is 22.7 Å². The summed E-state index contributed by atoms with van der Waals surface area (Å²) in [6.07, 6.45) is 17.0. The van der Waals surface area contributed by atoms with Crippen LogP contribution in [0.25, 0.3) is 10.6 Å². The molecule has 0 atom stereocenters. The summed E-state index contributed by atoms with van der Waals surface area (Å²) < 4.78 is 5.71. The summed E-state index contributed by atoms with van der Waals surface area (Å²) in [5, 5.41) is 18.1. The monoisotopic (exact) mass is 681 g/mol. The van der Waals surface area contributed by atoms with Crippen LogP contribution in [0.4, 0.5) is 17.3 Å². The number of piperazine rings is 1. The third-order valence-electron chi connectivity index (χ3n) is 9.25. The van der Waals surface area contributed by atoms with Gasteiger partial charge in [0.05, 0.1) is 33.9 Å². The smallest absolute Gasteiger partial charge is 0.227 e. The molecule has 0 bridgehead atoms. The molecular weight excluding hydrogens is 638 g/mol. The largest absolute Gasteiger partial charge is 0.495 e. The SMILES string of the molecule is COc1cc(Nc2ncc(Cl)c(-c3cnc(C4CCCCC4)s3)n2)ccc1N1CCN(C)CC1.OC1(c2nccs2)CCCCC1. The first-order chi connectivity index (χ1) is 22.4.